The first-order valence-electron chi connectivity index (χ1n) is 15.2. The fraction of sp³-hybridized carbons (Fsp3) is 0.636. The van der Waals surface area contributed by atoms with Gasteiger partial charge in [-0.05, 0) is 18.4 Å². The zero-order chi connectivity index (χ0) is 27.3. The van der Waals surface area contributed by atoms with E-state index in [-0.39, 0.29) is 11.8 Å². The summed E-state index contributed by atoms with van der Waals surface area (Å²) in [5.74, 6) is -0.520. The summed E-state index contributed by atoms with van der Waals surface area (Å²) in [4.78, 5) is 23.7. The Balaban J connectivity index is 1.60. The summed E-state index contributed by atoms with van der Waals surface area (Å²) in [7, 11) is 0. The monoisotopic (exact) mass is 525 g/mol. The second kappa shape index (κ2) is 20.4. The second-order valence-corrected chi connectivity index (χ2v) is 10.7. The quantitative estimate of drug-likeness (QED) is 0.148. The van der Waals surface area contributed by atoms with Gasteiger partial charge in [-0.1, -0.05) is 134 Å². The number of carbonyl (C=O) groups is 1. The molecule has 0 saturated carbocycles. The van der Waals surface area contributed by atoms with Crippen molar-refractivity contribution in [2.24, 2.45) is 0 Å². The molecular weight excluding hydrogens is 474 g/mol. The minimum Gasteiger partial charge on any atom is -0.488 e. The van der Waals surface area contributed by atoms with Gasteiger partial charge in [0.25, 0.3) is 0 Å². The summed E-state index contributed by atoms with van der Waals surface area (Å²) >= 11 is 0. The highest BCUT2D eigenvalue weighted by Gasteiger charge is 2.10. The van der Waals surface area contributed by atoms with E-state index in [1.807, 2.05) is 34.9 Å². The van der Waals surface area contributed by atoms with Crippen LogP contribution in [0.25, 0.3) is 0 Å². The lowest BCUT2D eigenvalue weighted by atomic mass is 10.0. The number of carboxylic acids is 1. The molecule has 0 radical (unpaired) electrons. The van der Waals surface area contributed by atoms with Crippen molar-refractivity contribution in [1.29, 1.82) is 0 Å². The van der Waals surface area contributed by atoms with Gasteiger partial charge in [0.05, 0.1) is 19.2 Å². The number of aliphatic carboxylic acids is 1. The number of ether oxygens (including phenoxy) is 1. The Labute approximate surface area is 230 Å². The molecule has 0 saturated heterocycles. The Morgan fingerprint density at radius 2 is 1.32 bits per heavy atom. The summed E-state index contributed by atoms with van der Waals surface area (Å²) in [5, 5.41) is 9.08. The molecule has 2 rings (SSSR count). The van der Waals surface area contributed by atoms with Crippen molar-refractivity contribution < 1.29 is 14.6 Å². The van der Waals surface area contributed by atoms with E-state index in [1.165, 1.54) is 96.0 Å². The van der Waals surface area contributed by atoms with E-state index in [9.17, 15) is 9.59 Å². The molecule has 1 aromatic carbocycles. The molecule has 0 fully saturated rings. The van der Waals surface area contributed by atoms with Crippen LogP contribution in [0.4, 0.5) is 0 Å². The Hall–Kier alpha value is -2.56. The van der Waals surface area contributed by atoms with E-state index in [1.54, 1.807) is 6.20 Å². The molecule has 1 N–H and O–H groups in total. The molecule has 5 nitrogen and oxygen atoms in total. The summed E-state index contributed by atoms with van der Waals surface area (Å²) in [6.07, 6.45) is 23.3. The first-order valence-corrected chi connectivity index (χ1v) is 15.2. The maximum absolute atomic E-state index is 12.6. The Morgan fingerprint density at radius 3 is 1.84 bits per heavy atom. The topological polar surface area (TPSA) is 68.5 Å². The van der Waals surface area contributed by atoms with Gasteiger partial charge in [-0.25, -0.2) is 0 Å². The number of aromatic nitrogens is 1. The van der Waals surface area contributed by atoms with Crippen LogP contribution in [0.2, 0.25) is 0 Å². The van der Waals surface area contributed by atoms with Crippen LogP contribution in [-0.4, -0.2) is 22.2 Å². The standard InChI is InChI=1S/C33H51NO4/c1-2-3-4-5-6-7-8-9-10-11-12-13-14-15-16-20-25-38-32-28-34(27-29-21-18-17-19-22-29)30(26-31(32)35)23-24-33(36)37/h17-19,21-22,26,28H,2-16,20,23-25,27H2,1H3,(H,36,37). The van der Waals surface area contributed by atoms with E-state index in [0.717, 1.165) is 24.1 Å². The van der Waals surface area contributed by atoms with E-state index < -0.39 is 5.97 Å². The number of unbranched alkanes of at least 4 members (excludes halogenated alkanes) is 15. The van der Waals surface area contributed by atoms with E-state index in [2.05, 4.69) is 6.92 Å². The molecule has 2 aromatic rings. The molecule has 5 heteroatoms. The second-order valence-electron chi connectivity index (χ2n) is 10.7. The number of pyridine rings is 1. The van der Waals surface area contributed by atoms with Crippen LogP contribution in [-0.2, 0) is 17.8 Å². The normalized spacial score (nSPS) is 11.1. The molecule has 0 unspecified atom stereocenters. The van der Waals surface area contributed by atoms with Crippen LogP contribution in [0.3, 0.4) is 0 Å². The molecule has 0 atom stereocenters. The molecule has 0 aliphatic carbocycles. The van der Waals surface area contributed by atoms with Gasteiger partial charge in [-0.2, -0.15) is 0 Å². The lowest BCUT2D eigenvalue weighted by Crippen LogP contribution is -2.17. The van der Waals surface area contributed by atoms with Gasteiger partial charge in [-0.15, -0.1) is 0 Å². The first kappa shape index (κ1) is 31.7. The molecular formula is C33H51NO4. The zero-order valence-electron chi connectivity index (χ0n) is 23.8. The number of aryl methyl sites for hydroxylation is 1. The minimum absolute atomic E-state index is 0.00632. The molecule has 1 aromatic heterocycles. The fourth-order valence-electron chi connectivity index (χ4n) is 4.91. The maximum atomic E-state index is 12.6. The van der Waals surface area contributed by atoms with Gasteiger partial charge >= 0.3 is 5.97 Å². The molecule has 0 aliphatic heterocycles. The van der Waals surface area contributed by atoms with Crippen LogP contribution in [0.5, 0.6) is 5.75 Å². The van der Waals surface area contributed by atoms with Gasteiger partial charge in [0, 0.05) is 18.3 Å². The molecule has 38 heavy (non-hydrogen) atoms. The van der Waals surface area contributed by atoms with Crippen LogP contribution in [0.1, 0.15) is 127 Å². The van der Waals surface area contributed by atoms with Gasteiger partial charge in [-0.3, -0.25) is 9.59 Å². The number of rotatable bonds is 23. The largest absolute Gasteiger partial charge is 0.488 e. The molecule has 212 valence electrons. The zero-order valence-corrected chi connectivity index (χ0v) is 23.8. The predicted octanol–water partition coefficient (Wildman–Crippen LogP) is 8.55. The van der Waals surface area contributed by atoms with Crippen molar-refractivity contribution in [3.05, 3.63) is 64.1 Å². The minimum atomic E-state index is -0.868. The van der Waals surface area contributed by atoms with Crippen molar-refractivity contribution in [2.45, 2.75) is 129 Å². The number of hydrogen-bond donors (Lipinski definition) is 1. The average Bonchev–Trinajstić information content (AvgIpc) is 2.91. The van der Waals surface area contributed by atoms with E-state index in [0.29, 0.717) is 25.3 Å². The molecule has 1 heterocycles. The summed E-state index contributed by atoms with van der Waals surface area (Å²) in [6, 6.07) is 11.5. The van der Waals surface area contributed by atoms with Crippen molar-refractivity contribution in [3.8, 4) is 5.75 Å². The number of nitrogens with zero attached hydrogens (tertiary/aromatic N) is 1. The summed E-state index contributed by atoms with van der Waals surface area (Å²) < 4.78 is 7.81. The Bertz CT molecular complexity index is 938. The number of hydrogen-bond acceptors (Lipinski definition) is 3. The van der Waals surface area contributed by atoms with Crippen LogP contribution >= 0.6 is 0 Å². The number of carboxylic acid groups (broad SMARTS) is 1. The van der Waals surface area contributed by atoms with Gasteiger partial charge < -0.3 is 14.4 Å². The molecule has 0 amide bonds. The smallest absolute Gasteiger partial charge is 0.303 e. The van der Waals surface area contributed by atoms with Crippen LogP contribution < -0.4 is 10.2 Å². The fourth-order valence-corrected chi connectivity index (χ4v) is 4.91. The summed E-state index contributed by atoms with van der Waals surface area (Å²) in [6.45, 7) is 3.38. The lowest BCUT2D eigenvalue weighted by Gasteiger charge is -2.15. The van der Waals surface area contributed by atoms with Gasteiger partial charge in [0.1, 0.15) is 0 Å². The highest BCUT2D eigenvalue weighted by atomic mass is 16.5. The average molecular weight is 526 g/mol. The lowest BCUT2D eigenvalue weighted by molar-refractivity contribution is -0.137. The molecule has 0 aliphatic rings. The van der Waals surface area contributed by atoms with Crippen molar-refractivity contribution >= 4 is 5.97 Å². The maximum Gasteiger partial charge on any atom is 0.303 e. The van der Waals surface area contributed by atoms with Crippen LogP contribution in [0, 0.1) is 0 Å². The Morgan fingerprint density at radius 1 is 0.789 bits per heavy atom. The third-order valence-corrected chi connectivity index (χ3v) is 7.23. The first-order chi connectivity index (χ1) is 18.6. The third kappa shape index (κ3) is 14.4. The third-order valence-electron chi connectivity index (χ3n) is 7.23. The molecule has 0 spiro atoms. The van der Waals surface area contributed by atoms with Gasteiger partial charge in [0.2, 0.25) is 5.43 Å². The number of benzene rings is 1. The highest BCUT2D eigenvalue weighted by molar-refractivity contribution is 5.67. The van der Waals surface area contributed by atoms with Crippen molar-refractivity contribution in [3.63, 3.8) is 0 Å². The van der Waals surface area contributed by atoms with E-state index >= 15 is 0 Å². The van der Waals surface area contributed by atoms with E-state index in [4.69, 9.17) is 9.84 Å². The van der Waals surface area contributed by atoms with Crippen molar-refractivity contribution in [2.75, 3.05) is 6.61 Å². The van der Waals surface area contributed by atoms with Crippen LogP contribution in [0.15, 0.2) is 47.4 Å². The highest BCUT2D eigenvalue weighted by Crippen LogP contribution is 2.15. The van der Waals surface area contributed by atoms with Crippen molar-refractivity contribution in [1.82, 2.24) is 4.57 Å². The predicted molar refractivity (Wildman–Crippen MR) is 157 cm³/mol. The molecule has 0 bridgehead atoms. The SMILES string of the molecule is CCCCCCCCCCCCCCCCCCOc1cn(Cc2ccccc2)c(CCC(=O)O)cc1=O. The van der Waals surface area contributed by atoms with Gasteiger partial charge in [0.15, 0.2) is 5.75 Å². The summed E-state index contributed by atoms with van der Waals surface area (Å²) in [5.41, 5.74) is 1.64. The Kier molecular flexibility index (Phi) is 17.0.